The normalized spacial score (nSPS) is 15.3. The molecule has 0 saturated heterocycles. The average molecular weight is 251 g/mol. The van der Waals surface area contributed by atoms with Gasteiger partial charge in [0.15, 0.2) is 11.5 Å². The van der Waals surface area contributed by atoms with Crippen molar-refractivity contribution in [2.24, 2.45) is 5.73 Å². The molecule has 3 N–H and O–H groups in total. The van der Waals surface area contributed by atoms with Gasteiger partial charge in [-0.3, -0.25) is 4.79 Å². The Hall–Kier alpha value is -1.75. The maximum atomic E-state index is 10.8. The summed E-state index contributed by atoms with van der Waals surface area (Å²) in [7, 11) is 0. The molecule has 0 aliphatic carbocycles. The van der Waals surface area contributed by atoms with Crippen molar-refractivity contribution in [2.45, 2.75) is 26.3 Å². The van der Waals surface area contributed by atoms with E-state index >= 15 is 0 Å². The van der Waals surface area contributed by atoms with E-state index in [9.17, 15) is 4.79 Å². The first kappa shape index (κ1) is 12.7. The summed E-state index contributed by atoms with van der Waals surface area (Å²) < 4.78 is 11.1. The van der Waals surface area contributed by atoms with Gasteiger partial charge < -0.3 is 20.3 Å². The third kappa shape index (κ3) is 2.26. The lowest BCUT2D eigenvalue weighted by atomic mass is 9.94. The van der Waals surface area contributed by atoms with Crippen LogP contribution in [0.1, 0.15) is 29.2 Å². The summed E-state index contributed by atoms with van der Waals surface area (Å²) in [4.78, 5) is 10.8. The summed E-state index contributed by atoms with van der Waals surface area (Å²) in [6, 6.07) is 1.32. The molecule has 1 heterocycles. The van der Waals surface area contributed by atoms with Crippen molar-refractivity contribution in [3.63, 3.8) is 0 Å². The molecule has 1 aliphatic rings. The van der Waals surface area contributed by atoms with E-state index in [0.29, 0.717) is 24.7 Å². The third-order valence-corrected chi connectivity index (χ3v) is 3.16. The Kier molecular flexibility index (Phi) is 3.43. The van der Waals surface area contributed by atoms with Crippen LogP contribution in [0.5, 0.6) is 11.5 Å². The zero-order valence-electron chi connectivity index (χ0n) is 10.5. The van der Waals surface area contributed by atoms with Crippen LogP contribution in [-0.4, -0.2) is 24.3 Å². The predicted molar refractivity (Wildman–Crippen MR) is 66.1 cm³/mol. The number of carboxylic acid groups (broad SMARTS) is 1. The Morgan fingerprint density at radius 3 is 2.78 bits per heavy atom. The lowest BCUT2D eigenvalue weighted by Gasteiger charge is -2.26. The van der Waals surface area contributed by atoms with Crippen molar-refractivity contribution in [2.75, 3.05) is 13.2 Å². The molecule has 18 heavy (non-hydrogen) atoms. The van der Waals surface area contributed by atoms with Crippen LogP contribution in [-0.2, 0) is 4.79 Å². The Labute approximate surface area is 106 Å². The fourth-order valence-corrected chi connectivity index (χ4v) is 2.17. The first-order valence-electron chi connectivity index (χ1n) is 5.87. The Bertz CT molecular complexity index is 484. The number of carbonyl (C=O) groups is 1. The van der Waals surface area contributed by atoms with Crippen LogP contribution >= 0.6 is 0 Å². The van der Waals surface area contributed by atoms with E-state index in [1.807, 2.05) is 19.9 Å². The number of rotatable bonds is 3. The molecule has 5 heteroatoms. The minimum Gasteiger partial charge on any atom is -0.486 e. The topological polar surface area (TPSA) is 81.8 Å². The Morgan fingerprint density at radius 2 is 2.11 bits per heavy atom. The zero-order valence-corrected chi connectivity index (χ0v) is 10.5. The molecule has 0 radical (unpaired) electrons. The zero-order chi connectivity index (χ0) is 13.3. The van der Waals surface area contributed by atoms with Crippen molar-refractivity contribution in [3.05, 3.63) is 22.8 Å². The van der Waals surface area contributed by atoms with Gasteiger partial charge in [-0.1, -0.05) is 0 Å². The van der Waals surface area contributed by atoms with Crippen molar-refractivity contribution in [1.82, 2.24) is 0 Å². The first-order valence-corrected chi connectivity index (χ1v) is 5.87. The number of benzene rings is 1. The van der Waals surface area contributed by atoms with E-state index in [1.54, 1.807) is 0 Å². The van der Waals surface area contributed by atoms with Gasteiger partial charge in [0, 0.05) is 11.6 Å². The quantitative estimate of drug-likeness (QED) is 0.851. The molecule has 2 rings (SSSR count). The maximum absolute atomic E-state index is 10.8. The Balaban J connectivity index is 2.49. The predicted octanol–water partition coefficient (Wildman–Crippen LogP) is 1.55. The number of ether oxygens (including phenoxy) is 2. The summed E-state index contributed by atoms with van der Waals surface area (Å²) in [6.07, 6.45) is -0.125. The molecular weight excluding hydrogens is 234 g/mol. The summed E-state index contributed by atoms with van der Waals surface area (Å²) in [5, 5.41) is 8.86. The van der Waals surface area contributed by atoms with Crippen LogP contribution in [0.15, 0.2) is 6.07 Å². The van der Waals surface area contributed by atoms with Crippen molar-refractivity contribution >= 4 is 5.97 Å². The van der Waals surface area contributed by atoms with Gasteiger partial charge in [-0.05, 0) is 31.0 Å². The van der Waals surface area contributed by atoms with Gasteiger partial charge in [-0.25, -0.2) is 0 Å². The van der Waals surface area contributed by atoms with E-state index in [4.69, 9.17) is 20.3 Å². The van der Waals surface area contributed by atoms with E-state index < -0.39 is 12.0 Å². The van der Waals surface area contributed by atoms with Gasteiger partial charge in [0.1, 0.15) is 13.2 Å². The van der Waals surface area contributed by atoms with Crippen LogP contribution in [0.4, 0.5) is 0 Å². The highest BCUT2D eigenvalue weighted by Crippen LogP contribution is 2.41. The molecule has 1 aromatic carbocycles. The molecule has 0 fully saturated rings. The molecule has 1 aliphatic heterocycles. The number of hydrogen-bond donors (Lipinski definition) is 2. The van der Waals surface area contributed by atoms with Crippen molar-refractivity contribution in [3.8, 4) is 11.5 Å². The van der Waals surface area contributed by atoms with Gasteiger partial charge in [-0.2, -0.15) is 0 Å². The molecule has 0 saturated carbocycles. The molecule has 98 valence electrons. The van der Waals surface area contributed by atoms with E-state index in [1.165, 1.54) is 0 Å². The summed E-state index contributed by atoms with van der Waals surface area (Å²) in [5.41, 5.74) is 8.70. The Morgan fingerprint density at radius 1 is 1.44 bits per heavy atom. The minimum absolute atomic E-state index is 0.125. The minimum atomic E-state index is -0.922. The molecule has 0 aromatic heterocycles. The summed E-state index contributed by atoms with van der Waals surface area (Å²) in [5.74, 6) is 0.326. The second-order valence-corrected chi connectivity index (χ2v) is 4.46. The SMILES string of the molecule is Cc1cc2c(c(C(N)CC(=O)O)c1C)OCCO2. The van der Waals surface area contributed by atoms with Crippen LogP contribution in [0.2, 0.25) is 0 Å². The third-order valence-electron chi connectivity index (χ3n) is 3.16. The molecule has 1 unspecified atom stereocenters. The van der Waals surface area contributed by atoms with Crippen LogP contribution in [0, 0.1) is 13.8 Å². The molecule has 0 bridgehead atoms. The van der Waals surface area contributed by atoms with Crippen LogP contribution in [0.3, 0.4) is 0 Å². The van der Waals surface area contributed by atoms with E-state index in [-0.39, 0.29) is 6.42 Å². The monoisotopic (exact) mass is 251 g/mol. The van der Waals surface area contributed by atoms with Crippen molar-refractivity contribution in [1.29, 1.82) is 0 Å². The maximum Gasteiger partial charge on any atom is 0.305 e. The average Bonchev–Trinajstić information content (AvgIpc) is 2.29. The molecule has 0 spiro atoms. The number of fused-ring (bicyclic) bond motifs is 1. The van der Waals surface area contributed by atoms with Crippen molar-refractivity contribution < 1.29 is 19.4 Å². The van der Waals surface area contributed by atoms with Gasteiger partial charge in [0.2, 0.25) is 0 Å². The van der Waals surface area contributed by atoms with Crippen LogP contribution in [0.25, 0.3) is 0 Å². The molecule has 1 atom stereocenters. The highest BCUT2D eigenvalue weighted by molar-refractivity contribution is 5.69. The standard InChI is InChI=1S/C13H17NO4/c1-7-5-10-13(18-4-3-17-10)12(8(7)2)9(14)6-11(15)16/h5,9H,3-4,6,14H2,1-2H3,(H,15,16). The fraction of sp³-hybridized carbons (Fsp3) is 0.462. The van der Waals surface area contributed by atoms with Gasteiger partial charge >= 0.3 is 5.97 Å². The lowest BCUT2D eigenvalue weighted by molar-refractivity contribution is -0.137. The largest absolute Gasteiger partial charge is 0.486 e. The smallest absolute Gasteiger partial charge is 0.305 e. The molecule has 1 aromatic rings. The second kappa shape index (κ2) is 4.86. The number of aryl methyl sites for hydroxylation is 1. The number of nitrogens with two attached hydrogens (primary N) is 1. The molecule has 0 amide bonds. The summed E-state index contributed by atoms with van der Waals surface area (Å²) in [6.45, 7) is 4.83. The van der Waals surface area contributed by atoms with Gasteiger partial charge in [0.05, 0.1) is 6.42 Å². The fourth-order valence-electron chi connectivity index (χ4n) is 2.17. The first-order chi connectivity index (χ1) is 8.50. The summed E-state index contributed by atoms with van der Waals surface area (Å²) >= 11 is 0. The lowest BCUT2D eigenvalue weighted by Crippen LogP contribution is -2.22. The van der Waals surface area contributed by atoms with Gasteiger partial charge in [-0.15, -0.1) is 0 Å². The van der Waals surface area contributed by atoms with E-state index in [2.05, 4.69) is 0 Å². The van der Waals surface area contributed by atoms with Crippen LogP contribution < -0.4 is 15.2 Å². The highest BCUT2D eigenvalue weighted by Gasteiger charge is 2.25. The second-order valence-electron chi connectivity index (χ2n) is 4.46. The number of carboxylic acids is 1. The molecular formula is C13H17NO4. The van der Waals surface area contributed by atoms with Gasteiger partial charge in [0.25, 0.3) is 0 Å². The number of hydrogen-bond acceptors (Lipinski definition) is 4. The molecule has 5 nitrogen and oxygen atoms in total. The number of aliphatic carboxylic acids is 1. The highest BCUT2D eigenvalue weighted by atomic mass is 16.6. The van der Waals surface area contributed by atoms with E-state index in [0.717, 1.165) is 16.7 Å².